The van der Waals surface area contributed by atoms with E-state index in [-0.39, 0.29) is 18.6 Å². The number of carbonyl (C=O) groups is 1. The summed E-state index contributed by atoms with van der Waals surface area (Å²) in [4.78, 5) is 16.6. The van der Waals surface area contributed by atoms with Crippen LogP contribution in [0.4, 0.5) is 13.2 Å². The highest BCUT2D eigenvalue weighted by molar-refractivity contribution is 5.83. The Morgan fingerprint density at radius 2 is 1.79 bits per heavy atom. The van der Waals surface area contributed by atoms with E-state index >= 15 is 0 Å². The third kappa shape index (κ3) is 3.48. The monoisotopic (exact) mass is 332 g/mol. The van der Waals surface area contributed by atoms with Crippen molar-refractivity contribution in [3.63, 3.8) is 0 Å². The summed E-state index contributed by atoms with van der Waals surface area (Å²) in [6.07, 6.45) is -2.20. The number of aryl methyl sites for hydroxylation is 1. The van der Waals surface area contributed by atoms with Gasteiger partial charge >= 0.3 is 6.18 Å². The van der Waals surface area contributed by atoms with E-state index in [4.69, 9.17) is 0 Å². The zero-order chi connectivity index (χ0) is 17.3. The molecule has 0 aliphatic heterocycles. The van der Waals surface area contributed by atoms with Gasteiger partial charge in [0, 0.05) is 24.7 Å². The molecule has 0 saturated heterocycles. The highest BCUT2D eigenvalue weighted by Crippen LogP contribution is 2.29. The summed E-state index contributed by atoms with van der Waals surface area (Å²) in [6.45, 7) is 1.88. The van der Waals surface area contributed by atoms with Gasteiger partial charge in [-0.2, -0.15) is 13.2 Å². The van der Waals surface area contributed by atoms with Gasteiger partial charge in [0.1, 0.15) is 11.4 Å². The molecule has 0 aliphatic rings. The molecule has 124 valence electrons. The fraction of sp³-hybridized carbons (Fsp3) is 0.222. The minimum absolute atomic E-state index is 0.0615. The van der Waals surface area contributed by atoms with Crippen molar-refractivity contribution in [3.8, 4) is 0 Å². The number of carbonyl (C=O) groups excluding carboxylic acids is 1. The second kappa shape index (κ2) is 6.11. The number of aromatic nitrogens is 2. The van der Waals surface area contributed by atoms with Gasteiger partial charge in [-0.3, -0.25) is 4.79 Å². The number of hydrogen-bond acceptors (Lipinski definition) is 2. The topological polar surface area (TPSA) is 34.4 Å². The molecule has 0 unspecified atom stereocenters. The minimum Gasteiger partial charge on any atom is -0.303 e. The molecule has 0 fully saturated rings. The maximum atomic E-state index is 12.5. The van der Waals surface area contributed by atoms with E-state index < -0.39 is 11.7 Å². The SMILES string of the molecule is Cc1cn2c(CC(=O)Cc3ccc(C(F)(F)F)cc3)cccc2n1. The van der Waals surface area contributed by atoms with Gasteiger partial charge in [0.25, 0.3) is 0 Å². The molecule has 1 aromatic carbocycles. The lowest BCUT2D eigenvalue weighted by molar-refractivity contribution is -0.137. The Kier molecular flexibility index (Phi) is 4.13. The fourth-order valence-corrected chi connectivity index (χ4v) is 2.64. The molecule has 0 N–H and O–H groups in total. The number of nitrogens with zero attached hydrogens (tertiary/aromatic N) is 2. The van der Waals surface area contributed by atoms with Crippen LogP contribution in [0, 0.1) is 6.92 Å². The summed E-state index contributed by atoms with van der Waals surface area (Å²) in [5.41, 5.74) is 2.30. The van der Waals surface area contributed by atoms with Gasteiger partial charge in [-0.1, -0.05) is 18.2 Å². The first-order valence-corrected chi connectivity index (χ1v) is 7.44. The molecule has 0 bridgehead atoms. The van der Waals surface area contributed by atoms with E-state index in [0.29, 0.717) is 5.56 Å². The molecule has 3 rings (SSSR count). The summed E-state index contributed by atoms with van der Waals surface area (Å²) in [5.74, 6) is -0.0615. The van der Waals surface area contributed by atoms with Gasteiger partial charge in [-0.05, 0) is 36.8 Å². The molecule has 3 nitrogen and oxygen atoms in total. The predicted molar refractivity (Wildman–Crippen MR) is 83.8 cm³/mol. The molecule has 0 saturated carbocycles. The zero-order valence-corrected chi connectivity index (χ0v) is 13.0. The number of hydrogen-bond donors (Lipinski definition) is 0. The first kappa shape index (κ1) is 16.2. The van der Waals surface area contributed by atoms with Crippen LogP contribution in [-0.4, -0.2) is 15.2 Å². The van der Waals surface area contributed by atoms with Crippen LogP contribution in [0.5, 0.6) is 0 Å². The van der Waals surface area contributed by atoms with E-state index in [1.807, 2.05) is 35.7 Å². The van der Waals surface area contributed by atoms with Crippen molar-refractivity contribution in [2.24, 2.45) is 0 Å². The molecule has 0 amide bonds. The summed E-state index contributed by atoms with van der Waals surface area (Å²) in [5, 5.41) is 0. The third-order valence-corrected chi connectivity index (χ3v) is 3.76. The smallest absolute Gasteiger partial charge is 0.303 e. The Hall–Kier alpha value is -2.63. The van der Waals surface area contributed by atoms with Crippen molar-refractivity contribution in [3.05, 3.63) is 71.2 Å². The molecular formula is C18H15F3N2O. The van der Waals surface area contributed by atoms with Crippen LogP contribution in [0.25, 0.3) is 5.65 Å². The number of ketones is 1. The van der Waals surface area contributed by atoms with Gasteiger partial charge in [-0.25, -0.2) is 4.98 Å². The standard InChI is InChI=1S/C18H15F3N2O/c1-12-11-23-15(3-2-4-17(23)22-12)10-16(24)9-13-5-7-14(8-6-13)18(19,20)21/h2-8,11H,9-10H2,1H3. The normalized spacial score (nSPS) is 11.8. The van der Waals surface area contributed by atoms with Crippen molar-refractivity contribution < 1.29 is 18.0 Å². The molecule has 2 aromatic heterocycles. The molecule has 0 aliphatic carbocycles. The molecule has 2 heterocycles. The predicted octanol–water partition coefficient (Wildman–Crippen LogP) is 4.02. The number of benzene rings is 1. The Morgan fingerprint density at radius 3 is 2.46 bits per heavy atom. The molecular weight excluding hydrogens is 317 g/mol. The van der Waals surface area contributed by atoms with Gasteiger partial charge < -0.3 is 4.40 Å². The molecule has 3 aromatic rings. The number of fused-ring (bicyclic) bond motifs is 1. The van der Waals surface area contributed by atoms with Gasteiger partial charge in [0.2, 0.25) is 0 Å². The maximum absolute atomic E-state index is 12.5. The lowest BCUT2D eigenvalue weighted by atomic mass is 10.0. The Morgan fingerprint density at radius 1 is 1.08 bits per heavy atom. The van der Waals surface area contributed by atoms with Crippen LogP contribution in [-0.2, 0) is 23.8 Å². The van der Waals surface area contributed by atoms with Crippen LogP contribution in [0.1, 0.15) is 22.5 Å². The lowest BCUT2D eigenvalue weighted by Gasteiger charge is -2.08. The lowest BCUT2D eigenvalue weighted by Crippen LogP contribution is -2.10. The van der Waals surface area contributed by atoms with Crippen LogP contribution in [0.3, 0.4) is 0 Å². The summed E-state index contributed by atoms with van der Waals surface area (Å²) in [6, 6.07) is 10.2. The van der Waals surface area contributed by atoms with Crippen molar-refractivity contribution in [2.45, 2.75) is 25.9 Å². The van der Waals surface area contributed by atoms with Gasteiger partial charge in [0.05, 0.1) is 11.3 Å². The number of pyridine rings is 1. The molecule has 24 heavy (non-hydrogen) atoms. The van der Waals surface area contributed by atoms with E-state index in [9.17, 15) is 18.0 Å². The summed E-state index contributed by atoms with van der Waals surface area (Å²) < 4.78 is 39.5. The number of halogens is 3. The van der Waals surface area contributed by atoms with Crippen molar-refractivity contribution in [1.82, 2.24) is 9.38 Å². The van der Waals surface area contributed by atoms with Gasteiger partial charge in [0.15, 0.2) is 0 Å². The largest absolute Gasteiger partial charge is 0.416 e. The highest BCUT2D eigenvalue weighted by atomic mass is 19.4. The number of alkyl halides is 3. The van der Waals surface area contributed by atoms with Crippen LogP contribution in [0.15, 0.2) is 48.7 Å². The number of imidazole rings is 1. The average molecular weight is 332 g/mol. The van der Waals surface area contributed by atoms with E-state index in [1.165, 1.54) is 12.1 Å². The summed E-state index contributed by atoms with van der Waals surface area (Å²) >= 11 is 0. The highest BCUT2D eigenvalue weighted by Gasteiger charge is 2.29. The Balaban J connectivity index is 1.73. The second-order valence-corrected chi connectivity index (χ2v) is 5.71. The molecule has 0 atom stereocenters. The van der Waals surface area contributed by atoms with Crippen LogP contribution in [0.2, 0.25) is 0 Å². The first-order chi connectivity index (χ1) is 11.3. The van der Waals surface area contributed by atoms with E-state index in [2.05, 4.69) is 4.98 Å². The first-order valence-electron chi connectivity index (χ1n) is 7.44. The van der Waals surface area contributed by atoms with Crippen molar-refractivity contribution >= 4 is 11.4 Å². The second-order valence-electron chi connectivity index (χ2n) is 5.71. The van der Waals surface area contributed by atoms with Crippen molar-refractivity contribution in [1.29, 1.82) is 0 Å². The molecule has 0 radical (unpaired) electrons. The van der Waals surface area contributed by atoms with Crippen LogP contribution >= 0.6 is 0 Å². The van der Waals surface area contributed by atoms with E-state index in [0.717, 1.165) is 29.2 Å². The number of rotatable bonds is 4. The molecule has 6 heteroatoms. The number of Topliss-reactive ketones (excluding diaryl/α,β-unsaturated/α-hetero) is 1. The van der Waals surface area contributed by atoms with Gasteiger partial charge in [-0.15, -0.1) is 0 Å². The van der Waals surface area contributed by atoms with Crippen LogP contribution < -0.4 is 0 Å². The maximum Gasteiger partial charge on any atom is 0.416 e. The van der Waals surface area contributed by atoms with E-state index in [1.54, 1.807) is 0 Å². The average Bonchev–Trinajstić information content (AvgIpc) is 2.88. The molecule has 0 spiro atoms. The Bertz CT molecular complexity index is 879. The van der Waals surface area contributed by atoms with Crippen molar-refractivity contribution in [2.75, 3.05) is 0 Å². The minimum atomic E-state index is -4.36. The third-order valence-electron chi connectivity index (χ3n) is 3.76. The fourth-order valence-electron chi connectivity index (χ4n) is 2.64. The quantitative estimate of drug-likeness (QED) is 0.723. The Labute approximate surface area is 136 Å². The summed E-state index contributed by atoms with van der Waals surface area (Å²) in [7, 11) is 0. The zero-order valence-electron chi connectivity index (χ0n) is 13.0.